The number of aryl methyl sites for hydroxylation is 1. The van der Waals surface area contributed by atoms with Gasteiger partial charge >= 0.3 is 0 Å². The van der Waals surface area contributed by atoms with Crippen molar-refractivity contribution in [3.63, 3.8) is 0 Å². The molecule has 1 aliphatic rings. The lowest BCUT2D eigenvalue weighted by atomic mass is 10.1. The summed E-state index contributed by atoms with van der Waals surface area (Å²) in [4.78, 5) is 16.8. The van der Waals surface area contributed by atoms with Crippen LogP contribution in [0.3, 0.4) is 0 Å². The van der Waals surface area contributed by atoms with Crippen molar-refractivity contribution >= 4 is 5.91 Å². The number of amides is 1. The van der Waals surface area contributed by atoms with Crippen LogP contribution in [0.15, 0.2) is 42.7 Å². The standard InChI is InChI=1S/C19H26N4O2/c1-25-18-6-3-17(4-7-18)5-8-19(24)22-14-11-21(12-15-22)13-16-23-10-2-9-20-23/h2-4,6-7,9-10H,5,8,11-16H2,1H3. The van der Waals surface area contributed by atoms with Crippen molar-refractivity contribution in [3.8, 4) is 5.75 Å². The van der Waals surface area contributed by atoms with Crippen LogP contribution in [0.5, 0.6) is 5.75 Å². The monoisotopic (exact) mass is 342 g/mol. The molecular weight excluding hydrogens is 316 g/mol. The van der Waals surface area contributed by atoms with E-state index in [-0.39, 0.29) is 5.91 Å². The van der Waals surface area contributed by atoms with Gasteiger partial charge < -0.3 is 9.64 Å². The van der Waals surface area contributed by atoms with Crippen molar-refractivity contribution in [1.29, 1.82) is 0 Å². The molecule has 6 nitrogen and oxygen atoms in total. The van der Waals surface area contributed by atoms with Crippen LogP contribution >= 0.6 is 0 Å². The molecule has 0 saturated carbocycles. The van der Waals surface area contributed by atoms with Gasteiger partial charge in [0.1, 0.15) is 5.75 Å². The van der Waals surface area contributed by atoms with Crippen LogP contribution in [0.2, 0.25) is 0 Å². The number of carbonyl (C=O) groups is 1. The molecule has 1 aromatic carbocycles. The highest BCUT2D eigenvalue weighted by Crippen LogP contribution is 2.13. The maximum absolute atomic E-state index is 12.4. The molecule has 1 fully saturated rings. The molecule has 0 N–H and O–H groups in total. The first-order valence-electron chi connectivity index (χ1n) is 8.85. The second kappa shape index (κ2) is 8.67. The number of benzene rings is 1. The van der Waals surface area contributed by atoms with E-state index in [0.29, 0.717) is 6.42 Å². The molecule has 0 bridgehead atoms. The number of ether oxygens (including phenoxy) is 1. The molecule has 25 heavy (non-hydrogen) atoms. The Bertz CT molecular complexity index is 647. The SMILES string of the molecule is COc1ccc(CCC(=O)N2CCN(CCn3cccn3)CC2)cc1. The quantitative estimate of drug-likeness (QED) is 0.768. The summed E-state index contributed by atoms with van der Waals surface area (Å²) in [6.07, 6.45) is 5.14. The average Bonchev–Trinajstić information content (AvgIpc) is 3.19. The number of rotatable bonds is 7. The molecule has 1 saturated heterocycles. The van der Waals surface area contributed by atoms with Crippen molar-refractivity contribution in [2.24, 2.45) is 0 Å². The fourth-order valence-electron chi connectivity index (χ4n) is 3.10. The number of methoxy groups -OCH3 is 1. The number of aromatic nitrogens is 2. The summed E-state index contributed by atoms with van der Waals surface area (Å²) in [5.41, 5.74) is 1.17. The van der Waals surface area contributed by atoms with Crippen molar-refractivity contribution in [2.75, 3.05) is 39.8 Å². The minimum absolute atomic E-state index is 0.252. The van der Waals surface area contributed by atoms with Gasteiger partial charge in [-0.1, -0.05) is 12.1 Å². The highest BCUT2D eigenvalue weighted by Gasteiger charge is 2.20. The van der Waals surface area contributed by atoms with E-state index >= 15 is 0 Å². The Kier molecular flexibility index (Phi) is 6.06. The molecule has 2 aromatic rings. The van der Waals surface area contributed by atoms with Gasteiger partial charge in [0.05, 0.1) is 13.7 Å². The third kappa shape index (κ3) is 5.06. The summed E-state index contributed by atoms with van der Waals surface area (Å²) in [5, 5.41) is 4.23. The molecule has 2 heterocycles. The topological polar surface area (TPSA) is 50.6 Å². The van der Waals surface area contributed by atoms with Gasteiger partial charge in [0.2, 0.25) is 5.91 Å². The van der Waals surface area contributed by atoms with Crippen LogP contribution in [-0.2, 0) is 17.8 Å². The van der Waals surface area contributed by atoms with E-state index in [0.717, 1.165) is 51.4 Å². The van der Waals surface area contributed by atoms with E-state index in [4.69, 9.17) is 4.74 Å². The maximum atomic E-state index is 12.4. The van der Waals surface area contributed by atoms with Crippen molar-refractivity contribution in [3.05, 3.63) is 48.3 Å². The maximum Gasteiger partial charge on any atom is 0.222 e. The van der Waals surface area contributed by atoms with Crippen molar-refractivity contribution in [2.45, 2.75) is 19.4 Å². The molecule has 0 radical (unpaired) electrons. The van der Waals surface area contributed by atoms with Crippen molar-refractivity contribution < 1.29 is 9.53 Å². The van der Waals surface area contributed by atoms with E-state index in [1.165, 1.54) is 5.56 Å². The number of piperazine rings is 1. The van der Waals surface area contributed by atoms with Crippen molar-refractivity contribution in [1.82, 2.24) is 19.6 Å². The molecule has 0 spiro atoms. The highest BCUT2D eigenvalue weighted by molar-refractivity contribution is 5.76. The first-order valence-corrected chi connectivity index (χ1v) is 8.85. The molecular formula is C19H26N4O2. The number of nitrogens with zero attached hydrogens (tertiary/aromatic N) is 4. The van der Waals surface area contributed by atoms with Crippen LogP contribution in [-0.4, -0.2) is 65.3 Å². The van der Waals surface area contributed by atoms with Gasteiger partial charge in [0.15, 0.2) is 0 Å². The minimum atomic E-state index is 0.252. The molecule has 1 aromatic heterocycles. The first-order chi connectivity index (χ1) is 12.2. The Morgan fingerprint density at radius 3 is 2.52 bits per heavy atom. The predicted octanol–water partition coefficient (Wildman–Crippen LogP) is 1.67. The van der Waals surface area contributed by atoms with Gasteiger partial charge in [-0.05, 0) is 30.2 Å². The Hall–Kier alpha value is -2.34. The molecule has 3 rings (SSSR count). The normalized spacial score (nSPS) is 15.3. The average molecular weight is 342 g/mol. The summed E-state index contributed by atoms with van der Waals surface area (Å²) in [6, 6.07) is 9.88. The van der Waals surface area contributed by atoms with Crippen LogP contribution in [0.4, 0.5) is 0 Å². The highest BCUT2D eigenvalue weighted by atomic mass is 16.5. The Morgan fingerprint density at radius 1 is 1.12 bits per heavy atom. The Morgan fingerprint density at radius 2 is 1.88 bits per heavy atom. The second-order valence-electron chi connectivity index (χ2n) is 6.34. The van der Waals surface area contributed by atoms with E-state index in [1.54, 1.807) is 13.3 Å². The summed E-state index contributed by atoms with van der Waals surface area (Å²) in [7, 11) is 1.66. The van der Waals surface area contributed by atoms with Gasteiger partial charge in [-0.2, -0.15) is 5.10 Å². The molecule has 1 aliphatic heterocycles. The second-order valence-corrected chi connectivity index (χ2v) is 6.34. The minimum Gasteiger partial charge on any atom is -0.497 e. The largest absolute Gasteiger partial charge is 0.497 e. The molecule has 0 aliphatic carbocycles. The van der Waals surface area contributed by atoms with E-state index in [2.05, 4.69) is 10.00 Å². The van der Waals surface area contributed by atoms with E-state index < -0.39 is 0 Å². The zero-order valence-electron chi connectivity index (χ0n) is 14.8. The summed E-state index contributed by atoms with van der Waals surface area (Å²) in [5.74, 6) is 1.10. The summed E-state index contributed by atoms with van der Waals surface area (Å²) >= 11 is 0. The lowest BCUT2D eigenvalue weighted by Gasteiger charge is -2.34. The van der Waals surface area contributed by atoms with Crippen LogP contribution in [0, 0.1) is 0 Å². The zero-order chi connectivity index (χ0) is 17.5. The lowest BCUT2D eigenvalue weighted by Crippen LogP contribution is -2.49. The summed E-state index contributed by atoms with van der Waals surface area (Å²) < 4.78 is 7.11. The van der Waals surface area contributed by atoms with Crippen LogP contribution < -0.4 is 4.74 Å². The fourth-order valence-corrected chi connectivity index (χ4v) is 3.10. The number of hydrogen-bond donors (Lipinski definition) is 0. The molecule has 6 heteroatoms. The third-order valence-corrected chi connectivity index (χ3v) is 4.72. The van der Waals surface area contributed by atoms with Gasteiger partial charge in [0, 0.05) is 51.5 Å². The number of hydrogen-bond acceptors (Lipinski definition) is 4. The van der Waals surface area contributed by atoms with Gasteiger partial charge in [0.25, 0.3) is 0 Å². The Balaban J connectivity index is 1.37. The fraction of sp³-hybridized carbons (Fsp3) is 0.474. The Labute approximate surface area is 149 Å². The number of carbonyl (C=O) groups excluding carboxylic acids is 1. The zero-order valence-corrected chi connectivity index (χ0v) is 14.8. The third-order valence-electron chi connectivity index (χ3n) is 4.72. The molecule has 1 amide bonds. The molecule has 0 unspecified atom stereocenters. The first kappa shape index (κ1) is 17.5. The van der Waals surface area contributed by atoms with Crippen LogP contribution in [0.25, 0.3) is 0 Å². The molecule has 134 valence electrons. The van der Waals surface area contributed by atoms with Crippen LogP contribution in [0.1, 0.15) is 12.0 Å². The van der Waals surface area contributed by atoms with Gasteiger partial charge in [-0.15, -0.1) is 0 Å². The van der Waals surface area contributed by atoms with Gasteiger partial charge in [-0.3, -0.25) is 14.4 Å². The predicted molar refractivity (Wildman–Crippen MR) is 96.6 cm³/mol. The van der Waals surface area contributed by atoms with Gasteiger partial charge in [-0.25, -0.2) is 0 Å². The van der Waals surface area contributed by atoms with E-state index in [9.17, 15) is 4.79 Å². The molecule has 0 atom stereocenters. The lowest BCUT2D eigenvalue weighted by molar-refractivity contribution is -0.132. The summed E-state index contributed by atoms with van der Waals surface area (Å²) in [6.45, 7) is 5.40. The smallest absolute Gasteiger partial charge is 0.222 e. The van der Waals surface area contributed by atoms with E-state index in [1.807, 2.05) is 46.1 Å².